The Hall–Kier alpha value is -1.28. The summed E-state index contributed by atoms with van der Waals surface area (Å²) in [6, 6.07) is 0.355. The average Bonchev–Trinajstić information content (AvgIpc) is 3.11. The van der Waals surface area contributed by atoms with E-state index < -0.39 is 0 Å². The Labute approximate surface area is 173 Å². The van der Waals surface area contributed by atoms with E-state index in [0.29, 0.717) is 11.6 Å². The van der Waals surface area contributed by atoms with Crippen LogP contribution in [0.1, 0.15) is 50.2 Å². The maximum atomic E-state index is 4.53. The van der Waals surface area contributed by atoms with Gasteiger partial charge in [0.25, 0.3) is 0 Å². The molecule has 0 spiro atoms. The molecule has 1 atom stereocenters. The normalized spacial score (nSPS) is 25.9. The molecule has 8 heteroatoms. The van der Waals surface area contributed by atoms with Crippen molar-refractivity contribution >= 4 is 17.7 Å². The van der Waals surface area contributed by atoms with Crippen LogP contribution in [0.25, 0.3) is 0 Å². The predicted octanol–water partition coefficient (Wildman–Crippen LogP) is 1.82. The minimum Gasteiger partial charge on any atom is -0.355 e. The fraction of sp³-hybridized carbons (Fsp3) is 0.850. The Morgan fingerprint density at radius 2 is 2.04 bits per heavy atom. The summed E-state index contributed by atoms with van der Waals surface area (Å²) in [6.07, 6.45) is 8.78. The van der Waals surface area contributed by atoms with Crippen LogP contribution in [0.15, 0.2) is 4.99 Å². The second-order valence-corrected chi connectivity index (χ2v) is 9.67. The van der Waals surface area contributed by atoms with Gasteiger partial charge in [-0.3, -0.25) is 9.89 Å². The molecule has 28 heavy (non-hydrogen) atoms. The van der Waals surface area contributed by atoms with Crippen molar-refractivity contribution in [2.75, 3.05) is 38.2 Å². The number of hydrogen-bond donors (Lipinski definition) is 2. The highest BCUT2D eigenvalue weighted by molar-refractivity contribution is 7.99. The molecule has 0 radical (unpaired) electrons. The summed E-state index contributed by atoms with van der Waals surface area (Å²) < 4.78 is 2.05. The van der Waals surface area contributed by atoms with Crippen LogP contribution in [-0.2, 0) is 13.0 Å². The van der Waals surface area contributed by atoms with Gasteiger partial charge in [0.05, 0.1) is 6.54 Å². The first-order valence-corrected chi connectivity index (χ1v) is 12.0. The molecule has 3 heterocycles. The number of hydrogen-bond acceptors (Lipinski definition) is 5. The summed E-state index contributed by atoms with van der Waals surface area (Å²) in [7, 11) is 1.88. The summed E-state index contributed by atoms with van der Waals surface area (Å²) in [5.41, 5.74) is 0.305. The lowest BCUT2D eigenvalue weighted by Crippen LogP contribution is -2.60. The SMILES string of the molecule is CN=C(NCC1(N2CCSCC2)CCCCC1)NC1CCc2nc(C)nn2C1. The lowest BCUT2D eigenvalue weighted by molar-refractivity contribution is 0.0625. The minimum absolute atomic E-state index is 0.305. The van der Waals surface area contributed by atoms with Crippen LogP contribution in [0.5, 0.6) is 0 Å². The van der Waals surface area contributed by atoms with Crippen molar-refractivity contribution in [1.82, 2.24) is 30.3 Å². The molecule has 7 nitrogen and oxygen atoms in total. The van der Waals surface area contributed by atoms with E-state index in [0.717, 1.165) is 43.5 Å². The Bertz CT molecular complexity index is 674. The van der Waals surface area contributed by atoms with Gasteiger partial charge in [-0.1, -0.05) is 19.3 Å². The molecule has 2 fully saturated rings. The molecule has 3 aliphatic rings. The molecule has 1 unspecified atom stereocenters. The molecule has 1 saturated heterocycles. The van der Waals surface area contributed by atoms with Crippen LogP contribution < -0.4 is 10.6 Å². The molecule has 4 rings (SSSR count). The van der Waals surface area contributed by atoms with Gasteiger partial charge in [0.2, 0.25) is 0 Å². The number of aryl methyl sites for hydroxylation is 2. The zero-order valence-electron chi connectivity index (χ0n) is 17.4. The summed E-state index contributed by atoms with van der Waals surface area (Å²) in [4.78, 5) is 11.8. The zero-order chi connectivity index (χ0) is 19.4. The lowest BCUT2D eigenvalue weighted by atomic mass is 9.80. The maximum absolute atomic E-state index is 4.53. The van der Waals surface area contributed by atoms with E-state index in [2.05, 4.69) is 47.1 Å². The minimum atomic E-state index is 0.305. The smallest absolute Gasteiger partial charge is 0.191 e. The number of nitrogens with one attached hydrogen (secondary N) is 2. The van der Waals surface area contributed by atoms with Gasteiger partial charge < -0.3 is 10.6 Å². The molecular formula is C20H35N7S. The van der Waals surface area contributed by atoms with E-state index in [-0.39, 0.29) is 0 Å². The second kappa shape index (κ2) is 9.03. The topological polar surface area (TPSA) is 70.4 Å². The maximum Gasteiger partial charge on any atom is 0.191 e. The number of aliphatic imine (C=N–C) groups is 1. The third-order valence-corrected chi connectivity index (χ3v) is 7.52. The first-order chi connectivity index (χ1) is 13.7. The standard InChI is InChI=1S/C20H35N7S/c1-16-23-18-7-6-17(14-27(18)25-16)24-19(21-2)22-15-20(8-4-3-5-9-20)26-10-12-28-13-11-26/h17H,3-15H2,1-2H3,(H2,21,22,24). The molecule has 156 valence electrons. The van der Waals surface area contributed by atoms with E-state index in [1.54, 1.807) is 0 Å². The van der Waals surface area contributed by atoms with Crippen LogP contribution >= 0.6 is 11.8 Å². The van der Waals surface area contributed by atoms with Crippen molar-refractivity contribution in [1.29, 1.82) is 0 Å². The van der Waals surface area contributed by atoms with Crippen LogP contribution in [0, 0.1) is 6.92 Å². The molecule has 1 aromatic heterocycles. The molecule has 1 saturated carbocycles. The number of thioether (sulfide) groups is 1. The summed E-state index contributed by atoms with van der Waals surface area (Å²) in [5.74, 6) is 5.47. The van der Waals surface area contributed by atoms with E-state index >= 15 is 0 Å². The van der Waals surface area contributed by atoms with Crippen LogP contribution in [0.3, 0.4) is 0 Å². The average molecular weight is 406 g/mol. The van der Waals surface area contributed by atoms with E-state index in [1.807, 2.05) is 14.0 Å². The molecule has 1 aromatic rings. The molecule has 0 aromatic carbocycles. The van der Waals surface area contributed by atoms with Crippen LogP contribution in [0.2, 0.25) is 0 Å². The Balaban J connectivity index is 1.36. The number of rotatable bonds is 4. The Kier molecular flexibility index (Phi) is 6.45. The number of aromatic nitrogens is 3. The summed E-state index contributed by atoms with van der Waals surface area (Å²) in [5, 5.41) is 11.9. The highest BCUT2D eigenvalue weighted by atomic mass is 32.2. The van der Waals surface area contributed by atoms with Gasteiger partial charge in [-0.25, -0.2) is 9.67 Å². The van der Waals surface area contributed by atoms with E-state index in [9.17, 15) is 0 Å². The molecule has 0 bridgehead atoms. The van der Waals surface area contributed by atoms with Crippen LogP contribution in [-0.4, -0.2) is 75.4 Å². The van der Waals surface area contributed by atoms with Gasteiger partial charge in [0.15, 0.2) is 5.96 Å². The van der Waals surface area contributed by atoms with Gasteiger partial charge in [0.1, 0.15) is 11.6 Å². The predicted molar refractivity (Wildman–Crippen MR) is 116 cm³/mol. The fourth-order valence-electron chi connectivity index (χ4n) is 5.04. The number of fused-ring (bicyclic) bond motifs is 1. The van der Waals surface area contributed by atoms with Crippen molar-refractivity contribution in [2.45, 2.75) is 70.0 Å². The largest absolute Gasteiger partial charge is 0.355 e. The molecule has 0 amide bonds. The Morgan fingerprint density at radius 1 is 1.25 bits per heavy atom. The first-order valence-electron chi connectivity index (χ1n) is 10.9. The van der Waals surface area contributed by atoms with Crippen molar-refractivity contribution in [3.63, 3.8) is 0 Å². The summed E-state index contributed by atoms with van der Waals surface area (Å²) >= 11 is 2.10. The van der Waals surface area contributed by atoms with Crippen molar-refractivity contribution < 1.29 is 0 Å². The monoisotopic (exact) mass is 405 g/mol. The third kappa shape index (κ3) is 4.48. The quantitative estimate of drug-likeness (QED) is 0.588. The van der Waals surface area contributed by atoms with Gasteiger partial charge in [-0.05, 0) is 26.2 Å². The molecule has 2 aliphatic heterocycles. The zero-order valence-corrected chi connectivity index (χ0v) is 18.2. The number of guanidine groups is 1. The van der Waals surface area contributed by atoms with Gasteiger partial charge in [-0.15, -0.1) is 0 Å². The highest BCUT2D eigenvalue weighted by Crippen LogP contribution is 2.34. The van der Waals surface area contributed by atoms with Crippen molar-refractivity contribution in [3.05, 3.63) is 11.6 Å². The van der Waals surface area contributed by atoms with Gasteiger partial charge in [0, 0.05) is 56.2 Å². The third-order valence-electron chi connectivity index (χ3n) is 6.58. The fourth-order valence-corrected chi connectivity index (χ4v) is 5.94. The first kappa shape index (κ1) is 20.0. The van der Waals surface area contributed by atoms with E-state index in [1.165, 1.54) is 56.7 Å². The second-order valence-electron chi connectivity index (χ2n) is 8.45. The molecular weight excluding hydrogens is 370 g/mol. The highest BCUT2D eigenvalue weighted by Gasteiger charge is 2.38. The molecule has 2 N–H and O–H groups in total. The number of nitrogens with zero attached hydrogens (tertiary/aromatic N) is 5. The van der Waals surface area contributed by atoms with Gasteiger partial charge >= 0.3 is 0 Å². The van der Waals surface area contributed by atoms with E-state index in [4.69, 9.17) is 0 Å². The molecule has 1 aliphatic carbocycles. The summed E-state index contributed by atoms with van der Waals surface area (Å²) in [6.45, 7) is 6.30. The van der Waals surface area contributed by atoms with Gasteiger partial charge in [-0.2, -0.15) is 16.9 Å². The lowest BCUT2D eigenvalue weighted by Gasteiger charge is -2.48. The Morgan fingerprint density at radius 3 is 2.79 bits per heavy atom. The van der Waals surface area contributed by atoms with Crippen LogP contribution in [0.4, 0.5) is 0 Å². The van der Waals surface area contributed by atoms with Crippen molar-refractivity contribution in [2.24, 2.45) is 4.99 Å². The van der Waals surface area contributed by atoms with Crippen molar-refractivity contribution in [3.8, 4) is 0 Å².